The summed E-state index contributed by atoms with van der Waals surface area (Å²) < 4.78 is 10.7. The van der Waals surface area contributed by atoms with Crippen molar-refractivity contribution in [2.24, 2.45) is 5.92 Å². The molecule has 0 radical (unpaired) electrons. The van der Waals surface area contributed by atoms with Crippen molar-refractivity contribution in [1.82, 2.24) is 14.7 Å². The van der Waals surface area contributed by atoms with Crippen molar-refractivity contribution in [3.8, 4) is 0 Å². The summed E-state index contributed by atoms with van der Waals surface area (Å²) in [5, 5.41) is 0. The summed E-state index contributed by atoms with van der Waals surface area (Å²) in [5.74, 6) is 2.26. The smallest absolute Gasteiger partial charge is 0.409 e. The van der Waals surface area contributed by atoms with Crippen molar-refractivity contribution in [3.05, 3.63) is 23.7 Å². The third-order valence-corrected chi connectivity index (χ3v) is 5.23. The molecule has 0 aliphatic carbocycles. The van der Waals surface area contributed by atoms with E-state index in [0.29, 0.717) is 32.8 Å². The molecule has 7 heteroatoms. The Morgan fingerprint density at radius 2 is 1.73 bits per heavy atom. The van der Waals surface area contributed by atoms with Gasteiger partial charge >= 0.3 is 6.09 Å². The van der Waals surface area contributed by atoms with Crippen LogP contribution < -0.4 is 0 Å². The second-order valence-corrected chi connectivity index (χ2v) is 7.07. The topological polar surface area (TPSA) is 66.2 Å². The lowest BCUT2D eigenvalue weighted by Gasteiger charge is -2.38. The largest absolute Gasteiger partial charge is 0.465 e. The molecular formula is C19H29N3O4. The summed E-state index contributed by atoms with van der Waals surface area (Å²) in [6.45, 7) is 9.10. The first-order valence-electron chi connectivity index (χ1n) is 9.55. The van der Waals surface area contributed by atoms with E-state index in [2.05, 4.69) is 4.90 Å². The van der Waals surface area contributed by atoms with Crippen LogP contribution >= 0.6 is 0 Å². The summed E-state index contributed by atoms with van der Waals surface area (Å²) >= 11 is 0. The minimum absolute atomic E-state index is 0.0960. The fourth-order valence-corrected chi connectivity index (χ4v) is 3.71. The van der Waals surface area contributed by atoms with Crippen molar-refractivity contribution in [3.63, 3.8) is 0 Å². The summed E-state index contributed by atoms with van der Waals surface area (Å²) in [6.07, 6.45) is 1.49. The van der Waals surface area contributed by atoms with Gasteiger partial charge < -0.3 is 19.0 Å². The van der Waals surface area contributed by atoms with Crippen LogP contribution in [0.4, 0.5) is 4.79 Å². The summed E-state index contributed by atoms with van der Waals surface area (Å²) in [5.41, 5.74) is 0. The summed E-state index contributed by atoms with van der Waals surface area (Å²) in [4.78, 5) is 30.5. The van der Waals surface area contributed by atoms with E-state index in [1.165, 1.54) is 0 Å². The van der Waals surface area contributed by atoms with Crippen molar-refractivity contribution >= 4 is 12.0 Å². The van der Waals surface area contributed by atoms with Gasteiger partial charge in [-0.25, -0.2) is 4.79 Å². The van der Waals surface area contributed by atoms with Gasteiger partial charge in [-0.3, -0.25) is 9.69 Å². The minimum atomic E-state index is -0.277. The fourth-order valence-electron chi connectivity index (χ4n) is 3.71. The highest BCUT2D eigenvalue weighted by Gasteiger charge is 2.31. The van der Waals surface area contributed by atoms with Crippen LogP contribution in [0.1, 0.15) is 31.3 Å². The molecule has 3 heterocycles. The molecule has 0 bridgehead atoms. The van der Waals surface area contributed by atoms with Gasteiger partial charge in [0.15, 0.2) is 0 Å². The molecule has 2 aliphatic rings. The molecule has 26 heavy (non-hydrogen) atoms. The number of carbonyl (C=O) groups is 2. The van der Waals surface area contributed by atoms with Crippen molar-refractivity contribution in [1.29, 1.82) is 0 Å². The number of carbonyl (C=O) groups excluding carboxylic acids is 2. The van der Waals surface area contributed by atoms with E-state index in [-0.39, 0.29) is 17.9 Å². The van der Waals surface area contributed by atoms with E-state index >= 15 is 0 Å². The summed E-state index contributed by atoms with van der Waals surface area (Å²) in [7, 11) is 0. The number of aryl methyl sites for hydroxylation is 1. The summed E-state index contributed by atoms with van der Waals surface area (Å²) in [6, 6.07) is 4.01. The number of rotatable bonds is 4. The molecule has 0 saturated carbocycles. The lowest BCUT2D eigenvalue weighted by Crippen LogP contribution is -2.53. The van der Waals surface area contributed by atoms with Crippen LogP contribution in [-0.4, -0.2) is 72.6 Å². The lowest BCUT2D eigenvalue weighted by molar-refractivity contribution is -0.138. The second-order valence-electron chi connectivity index (χ2n) is 7.07. The zero-order valence-electron chi connectivity index (χ0n) is 15.8. The molecule has 2 saturated heterocycles. The number of ether oxygens (including phenoxy) is 1. The van der Waals surface area contributed by atoms with Crippen molar-refractivity contribution in [2.45, 2.75) is 33.2 Å². The average molecular weight is 363 g/mol. The predicted octanol–water partition coefficient (Wildman–Crippen LogP) is 2.10. The van der Waals surface area contributed by atoms with Gasteiger partial charge in [-0.05, 0) is 51.9 Å². The van der Waals surface area contributed by atoms with Gasteiger partial charge in [0.05, 0.1) is 13.2 Å². The zero-order chi connectivity index (χ0) is 18.5. The second kappa shape index (κ2) is 8.58. The SMILES string of the molecule is CCOC(=O)N1CCN(C(=O)C2CCN(Cc3ccc(C)o3)CC2)CC1. The quantitative estimate of drug-likeness (QED) is 0.820. The lowest BCUT2D eigenvalue weighted by atomic mass is 9.95. The maximum atomic E-state index is 12.8. The number of hydrogen-bond acceptors (Lipinski definition) is 5. The van der Waals surface area contributed by atoms with Gasteiger partial charge in [0.2, 0.25) is 5.91 Å². The van der Waals surface area contributed by atoms with Crippen molar-refractivity contribution < 1.29 is 18.7 Å². The Kier molecular flexibility index (Phi) is 6.19. The van der Waals surface area contributed by atoms with Crippen LogP contribution in [0.5, 0.6) is 0 Å². The first-order chi connectivity index (χ1) is 12.6. The maximum absolute atomic E-state index is 12.8. The van der Waals surface area contributed by atoms with Gasteiger partial charge in [-0.15, -0.1) is 0 Å². The van der Waals surface area contributed by atoms with E-state index in [0.717, 1.165) is 44.0 Å². The van der Waals surface area contributed by atoms with E-state index in [1.54, 1.807) is 11.8 Å². The molecule has 0 aromatic carbocycles. The van der Waals surface area contributed by atoms with Crippen LogP contribution in [0, 0.1) is 12.8 Å². The minimum Gasteiger partial charge on any atom is -0.465 e. The third kappa shape index (κ3) is 4.58. The number of piperazine rings is 1. The highest BCUT2D eigenvalue weighted by molar-refractivity contribution is 5.79. The molecule has 2 aliphatic heterocycles. The molecule has 0 atom stereocenters. The highest BCUT2D eigenvalue weighted by Crippen LogP contribution is 2.22. The van der Waals surface area contributed by atoms with Crippen LogP contribution in [0.3, 0.4) is 0 Å². The first-order valence-corrected chi connectivity index (χ1v) is 9.55. The molecule has 1 aromatic rings. The molecule has 7 nitrogen and oxygen atoms in total. The number of furan rings is 1. The van der Waals surface area contributed by atoms with Gasteiger partial charge in [0.25, 0.3) is 0 Å². The molecule has 2 amide bonds. The molecule has 0 spiro atoms. The number of amides is 2. The number of hydrogen-bond donors (Lipinski definition) is 0. The maximum Gasteiger partial charge on any atom is 0.409 e. The van der Waals surface area contributed by atoms with E-state index in [1.807, 2.05) is 24.0 Å². The average Bonchev–Trinajstić information content (AvgIpc) is 3.07. The Labute approximate surface area is 154 Å². The number of likely N-dealkylation sites (tertiary alicyclic amines) is 1. The van der Waals surface area contributed by atoms with Crippen LogP contribution in [0.15, 0.2) is 16.5 Å². The molecule has 0 N–H and O–H groups in total. The Bertz CT molecular complexity index is 614. The first kappa shape index (κ1) is 18.8. The van der Waals surface area contributed by atoms with Crippen molar-refractivity contribution in [2.75, 3.05) is 45.9 Å². The third-order valence-electron chi connectivity index (χ3n) is 5.23. The van der Waals surface area contributed by atoms with Gasteiger partial charge in [0, 0.05) is 32.1 Å². The Morgan fingerprint density at radius 1 is 1.08 bits per heavy atom. The Hall–Kier alpha value is -2.02. The molecule has 3 rings (SSSR count). The van der Waals surface area contributed by atoms with Crippen LogP contribution in [0.25, 0.3) is 0 Å². The predicted molar refractivity (Wildman–Crippen MR) is 96.6 cm³/mol. The highest BCUT2D eigenvalue weighted by atomic mass is 16.6. The van der Waals surface area contributed by atoms with Crippen LogP contribution in [-0.2, 0) is 16.1 Å². The normalized spacial score (nSPS) is 19.6. The van der Waals surface area contributed by atoms with Crippen LogP contribution in [0.2, 0.25) is 0 Å². The van der Waals surface area contributed by atoms with E-state index < -0.39 is 0 Å². The van der Waals surface area contributed by atoms with E-state index in [4.69, 9.17) is 9.15 Å². The molecule has 1 aromatic heterocycles. The number of nitrogens with zero attached hydrogens (tertiary/aromatic N) is 3. The molecular weight excluding hydrogens is 334 g/mol. The van der Waals surface area contributed by atoms with E-state index in [9.17, 15) is 9.59 Å². The van der Waals surface area contributed by atoms with Gasteiger partial charge in [-0.1, -0.05) is 0 Å². The number of piperidine rings is 1. The van der Waals surface area contributed by atoms with Gasteiger partial charge in [0.1, 0.15) is 11.5 Å². The molecule has 2 fully saturated rings. The Morgan fingerprint density at radius 3 is 2.31 bits per heavy atom. The zero-order valence-corrected chi connectivity index (χ0v) is 15.8. The fraction of sp³-hybridized carbons (Fsp3) is 0.684. The monoisotopic (exact) mass is 363 g/mol. The standard InChI is InChI=1S/C19H29N3O4/c1-3-25-19(24)22-12-10-21(11-13-22)18(23)16-6-8-20(9-7-16)14-17-5-4-15(2)26-17/h4-5,16H,3,6-14H2,1-2H3. The molecule has 0 unspecified atom stereocenters. The van der Waals surface area contributed by atoms with Gasteiger partial charge in [-0.2, -0.15) is 0 Å². The molecule has 144 valence electrons. The Balaban J connectivity index is 1.42.